The number of carbonyl (C=O) groups excluding carboxylic acids is 2. The zero-order valence-corrected chi connectivity index (χ0v) is 8.38. The molecular weight excluding hydrogens is 229 g/mol. The van der Waals surface area contributed by atoms with Gasteiger partial charge in [-0.2, -0.15) is 13.2 Å². The van der Waals surface area contributed by atoms with Crippen LogP contribution in [0.1, 0.15) is 0 Å². The minimum absolute atomic E-state index is 0.963. The molecule has 0 saturated carbocycles. The molecule has 0 aromatic carbocycles. The predicted molar refractivity (Wildman–Crippen MR) is 48.2 cm³/mol. The number of amides is 1. The fraction of sp³-hybridized carbons (Fsp3) is 0.500. The number of methoxy groups -OCH3 is 1. The minimum Gasteiger partial charge on any atom is -0.467 e. The molecule has 0 spiro atoms. The van der Waals surface area contributed by atoms with Gasteiger partial charge in [0.25, 0.3) is 0 Å². The Morgan fingerprint density at radius 1 is 1.50 bits per heavy atom. The Labute approximate surface area is 89.4 Å². The van der Waals surface area contributed by atoms with E-state index in [-0.39, 0.29) is 0 Å². The van der Waals surface area contributed by atoms with Crippen molar-refractivity contribution in [2.75, 3.05) is 7.11 Å². The molecule has 0 heterocycles. The van der Waals surface area contributed by atoms with Crippen molar-refractivity contribution in [2.24, 2.45) is 5.73 Å². The van der Waals surface area contributed by atoms with Crippen LogP contribution in [0.5, 0.6) is 0 Å². The average Bonchev–Trinajstić information content (AvgIpc) is 2.21. The van der Waals surface area contributed by atoms with E-state index in [4.69, 9.17) is 5.73 Å². The van der Waals surface area contributed by atoms with Crippen molar-refractivity contribution < 1.29 is 27.5 Å². The Hall–Kier alpha value is -1.57. The van der Waals surface area contributed by atoms with Crippen LogP contribution in [0, 0.1) is 0 Å². The number of hydrogen-bond acceptors (Lipinski definition) is 4. The maximum Gasteiger partial charge on any atom is 0.471 e. The summed E-state index contributed by atoms with van der Waals surface area (Å²) in [6.45, 7) is 3.20. The maximum atomic E-state index is 11.9. The number of rotatable bonds is 4. The average molecular weight is 240 g/mol. The molecule has 5 nitrogen and oxygen atoms in total. The van der Waals surface area contributed by atoms with E-state index < -0.39 is 30.1 Å². The lowest BCUT2D eigenvalue weighted by Crippen LogP contribution is -2.55. The Kier molecular flexibility index (Phi) is 4.96. The number of ether oxygens (including phenoxy) is 1. The van der Waals surface area contributed by atoms with E-state index in [1.165, 1.54) is 5.32 Å². The van der Waals surface area contributed by atoms with Crippen molar-refractivity contribution in [3.05, 3.63) is 12.7 Å². The third kappa shape index (κ3) is 3.89. The highest BCUT2D eigenvalue weighted by Gasteiger charge is 2.41. The van der Waals surface area contributed by atoms with Crippen molar-refractivity contribution in [1.82, 2.24) is 5.32 Å². The van der Waals surface area contributed by atoms with Crippen LogP contribution in [0.15, 0.2) is 12.7 Å². The first-order valence-corrected chi connectivity index (χ1v) is 4.07. The van der Waals surface area contributed by atoms with Crippen molar-refractivity contribution in [3.63, 3.8) is 0 Å². The van der Waals surface area contributed by atoms with Gasteiger partial charge in [0.05, 0.1) is 13.2 Å². The lowest BCUT2D eigenvalue weighted by Gasteiger charge is -2.20. The Bertz CT molecular complexity index is 291. The molecule has 8 heteroatoms. The highest BCUT2D eigenvalue weighted by molar-refractivity contribution is 5.88. The molecule has 0 aliphatic heterocycles. The summed E-state index contributed by atoms with van der Waals surface area (Å²) in [6.07, 6.45) is -4.06. The fourth-order valence-corrected chi connectivity index (χ4v) is 0.798. The molecule has 0 aromatic rings. The van der Waals surface area contributed by atoms with E-state index >= 15 is 0 Å². The first-order valence-electron chi connectivity index (χ1n) is 4.07. The lowest BCUT2D eigenvalue weighted by molar-refractivity contribution is -0.175. The second-order valence-corrected chi connectivity index (χ2v) is 2.79. The summed E-state index contributed by atoms with van der Waals surface area (Å²) in [7, 11) is 0.963. The summed E-state index contributed by atoms with van der Waals surface area (Å²) in [5.74, 6) is -3.34. The number of hydrogen-bond donors (Lipinski definition) is 2. The highest BCUT2D eigenvalue weighted by atomic mass is 19.4. The number of nitrogens with two attached hydrogens (primary N) is 1. The number of nitrogens with one attached hydrogen (secondary N) is 1. The largest absolute Gasteiger partial charge is 0.471 e. The molecule has 0 saturated heterocycles. The van der Waals surface area contributed by atoms with Gasteiger partial charge in [0.15, 0.2) is 0 Å². The van der Waals surface area contributed by atoms with Crippen molar-refractivity contribution >= 4 is 11.9 Å². The third-order valence-corrected chi connectivity index (χ3v) is 1.66. The Morgan fingerprint density at radius 3 is 2.31 bits per heavy atom. The normalized spacial score (nSPS) is 14.8. The van der Waals surface area contributed by atoms with Gasteiger partial charge < -0.3 is 15.8 Å². The van der Waals surface area contributed by atoms with Crippen molar-refractivity contribution in [3.8, 4) is 0 Å². The van der Waals surface area contributed by atoms with Gasteiger partial charge in [-0.05, 0) is 0 Å². The molecule has 2 unspecified atom stereocenters. The number of carbonyl (C=O) groups is 2. The van der Waals surface area contributed by atoms with Gasteiger partial charge in [0.2, 0.25) is 0 Å². The topological polar surface area (TPSA) is 81.4 Å². The summed E-state index contributed by atoms with van der Waals surface area (Å²) in [6, 6.07) is -2.78. The van der Waals surface area contributed by atoms with Crippen molar-refractivity contribution in [2.45, 2.75) is 18.3 Å². The van der Waals surface area contributed by atoms with Gasteiger partial charge in [-0.1, -0.05) is 6.08 Å². The van der Waals surface area contributed by atoms with Crippen LogP contribution >= 0.6 is 0 Å². The fourth-order valence-electron chi connectivity index (χ4n) is 0.798. The van der Waals surface area contributed by atoms with Gasteiger partial charge in [-0.3, -0.25) is 4.79 Å². The predicted octanol–water partition coefficient (Wildman–Crippen LogP) is -0.280. The number of halogens is 3. The second-order valence-electron chi connectivity index (χ2n) is 2.79. The summed E-state index contributed by atoms with van der Waals surface area (Å²) in [5, 5.41) is 1.42. The third-order valence-electron chi connectivity index (χ3n) is 1.66. The van der Waals surface area contributed by atoms with E-state index in [1.54, 1.807) is 0 Å². The first-order chi connectivity index (χ1) is 7.23. The van der Waals surface area contributed by atoms with Crippen LogP contribution in [0.2, 0.25) is 0 Å². The van der Waals surface area contributed by atoms with Crippen LogP contribution in [-0.4, -0.2) is 37.2 Å². The summed E-state index contributed by atoms with van der Waals surface area (Å²) < 4.78 is 39.9. The smallest absolute Gasteiger partial charge is 0.467 e. The molecule has 16 heavy (non-hydrogen) atoms. The van der Waals surface area contributed by atoms with Crippen LogP contribution < -0.4 is 11.1 Å². The van der Waals surface area contributed by atoms with E-state index in [9.17, 15) is 22.8 Å². The standard InChI is InChI=1S/C8H11F3N2O3/c1-3-4(12)5(6(14)16-2)13-7(15)8(9,10)11/h3-5H,1,12H2,2H3,(H,13,15). The quantitative estimate of drug-likeness (QED) is 0.523. The molecule has 0 aromatic heterocycles. The van der Waals surface area contributed by atoms with Gasteiger partial charge in [0, 0.05) is 0 Å². The zero-order chi connectivity index (χ0) is 12.9. The first kappa shape index (κ1) is 14.4. The summed E-state index contributed by atoms with van der Waals surface area (Å²) in [5.41, 5.74) is 5.28. The van der Waals surface area contributed by atoms with E-state index in [1.807, 2.05) is 0 Å². The molecule has 1 amide bonds. The Balaban J connectivity index is 4.75. The maximum absolute atomic E-state index is 11.9. The van der Waals surface area contributed by atoms with Crippen molar-refractivity contribution in [1.29, 1.82) is 0 Å². The van der Waals surface area contributed by atoms with Crippen LogP contribution in [-0.2, 0) is 14.3 Å². The van der Waals surface area contributed by atoms with Crippen LogP contribution in [0.25, 0.3) is 0 Å². The van der Waals surface area contributed by atoms with E-state index in [0.29, 0.717) is 0 Å². The van der Waals surface area contributed by atoms with Gasteiger partial charge >= 0.3 is 18.1 Å². The molecule has 0 fully saturated rings. The molecule has 0 bridgehead atoms. The molecule has 0 aliphatic carbocycles. The van der Waals surface area contributed by atoms with E-state index in [2.05, 4.69) is 11.3 Å². The summed E-state index contributed by atoms with van der Waals surface area (Å²) in [4.78, 5) is 21.6. The lowest BCUT2D eigenvalue weighted by atomic mass is 10.1. The minimum atomic E-state index is -5.09. The van der Waals surface area contributed by atoms with Gasteiger partial charge in [-0.25, -0.2) is 4.79 Å². The number of esters is 1. The molecular formula is C8H11F3N2O3. The SMILES string of the molecule is C=CC(N)C(NC(=O)C(F)(F)F)C(=O)OC. The van der Waals surface area contributed by atoms with Crippen LogP contribution in [0.4, 0.5) is 13.2 Å². The number of alkyl halides is 3. The molecule has 0 radical (unpaired) electrons. The van der Waals surface area contributed by atoms with Crippen LogP contribution in [0.3, 0.4) is 0 Å². The molecule has 3 N–H and O–H groups in total. The van der Waals surface area contributed by atoms with Gasteiger partial charge in [-0.15, -0.1) is 6.58 Å². The monoisotopic (exact) mass is 240 g/mol. The highest BCUT2D eigenvalue weighted by Crippen LogP contribution is 2.15. The van der Waals surface area contributed by atoms with E-state index in [0.717, 1.165) is 13.2 Å². The zero-order valence-electron chi connectivity index (χ0n) is 8.38. The van der Waals surface area contributed by atoms with Gasteiger partial charge in [0.1, 0.15) is 6.04 Å². The molecule has 0 rings (SSSR count). The summed E-state index contributed by atoms with van der Waals surface area (Å²) >= 11 is 0. The molecule has 92 valence electrons. The molecule has 2 atom stereocenters. The Morgan fingerprint density at radius 2 is 2.00 bits per heavy atom. The molecule has 0 aliphatic rings. The second kappa shape index (κ2) is 5.50.